The summed E-state index contributed by atoms with van der Waals surface area (Å²) in [6.07, 6.45) is 0. The van der Waals surface area contributed by atoms with E-state index in [1.165, 1.54) is 23.9 Å². The van der Waals surface area contributed by atoms with Crippen LogP contribution in [0.1, 0.15) is 18.5 Å². The summed E-state index contributed by atoms with van der Waals surface area (Å²) < 4.78 is 25.0. The lowest BCUT2D eigenvalue weighted by atomic mass is 10.1. The van der Waals surface area contributed by atoms with Gasteiger partial charge >= 0.3 is 0 Å². The molecule has 0 radical (unpaired) electrons. The van der Waals surface area contributed by atoms with Crippen LogP contribution in [0.4, 0.5) is 0 Å². The average molecular weight is 422 g/mol. The number of aromatic nitrogens is 1. The number of primary sulfonamides is 1. The third kappa shape index (κ3) is 4.67. The molecule has 1 unspecified atom stereocenters. The molecule has 6 nitrogen and oxygen atoms in total. The molecule has 0 saturated carbocycles. The summed E-state index contributed by atoms with van der Waals surface area (Å²) in [4.78, 5) is 18.7. The predicted octanol–water partition coefficient (Wildman–Crippen LogP) is 3.26. The van der Waals surface area contributed by atoms with Gasteiger partial charge in [-0.15, -0.1) is 11.3 Å². The molecule has 1 heterocycles. The zero-order chi connectivity index (χ0) is 19.6. The third-order valence-corrected chi connectivity index (χ3v) is 7.31. The fourth-order valence-electron chi connectivity index (χ4n) is 2.53. The lowest BCUT2D eigenvalue weighted by Gasteiger charge is -2.25. The van der Waals surface area contributed by atoms with Crippen LogP contribution < -0.4 is 5.14 Å². The number of nitrogens with zero attached hydrogens (tertiary/aromatic N) is 2. The first-order chi connectivity index (χ1) is 12.8. The molecule has 0 fully saturated rings. The van der Waals surface area contributed by atoms with Gasteiger partial charge < -0.3 is 4.90 Å². The normalized spacial score (nSPS) is 12.9. The van der Waals surface area contributed by atoms with Gasteiger partial charge in [0.05, 0.1) is 26.9 Å². The van der Waals surface area contributed by atoms with Gasteiger partial charge in [-0.1, -0.05) is 36.0 Å². The maximum absolute atomic E-state index is 12.6. The van der Waals surface area contributed by atoms with Crippen molar-refractivity contribution >= 4 is 49.2 Å². The topological polar surface area (TPSA) is 93.4 Å². The fourth-order valence-corrected chi connectivity index (χ4v) is 5.09. The van der Waals surface area contributed by atoms with Crippen LogP contribution in [0.3, 0.4) is 0 Å². The predicted molar refractivity (Wildman–Crippen MR) is 109 cm³/mol. The van der Waals surface area contributed by atoms with Gasteiger partial charge in [-0.2, -0.15) is 0 Å². The van der Waals surface area contributed by atoms with Crippen molar-refractivity contribution in [2.24, 2.45) is 5.14 Å². The second-order valence-corrected chi connectivity index (χ2v) is 9.85. The maximum Gasteiger partial charge on any atom is 0.238 e. The number of carbonyl (C=O) groups excluding carboxylic acids is 1. The Balaban J connectivity index is 1.67. The lowest BCUT2D eigenvalue weighted by Crippen LogP contribution is -2.31. The van der Waals surface area contributed by atoms with Gasteiger partial charge in [0, 0.05) is 7.05 Å². The number of nitrogens with two attached hydrogens (primary N) is 1. The van der Waals surface area contributed by atoms with Gasteiger partial charge in [0.1, 0.15) is 0 Å². The molecule has 3 aromatic rings. The number of fused-ring (bicyclic) bond motifs is 1. The first-order valence-corrected chi connectivity index (χ1v) is 11.5. The Hall–Kier alpha value is -1.94. The van der Waals surface area contributed by atoms with Crippen molar-refractivity contribution in [2.45, 2.75) is 22.2 Å². The van der Waals surface area contributed by atoms with Gasteiger partial charge in [-0.05, 0) is 36.8 Å². The highest BCUT2D eigenvalue weighted by Crippen LogP contribution is 2.30. The summed E-state index contributed by atoms with van der Waals surface area (Å²) in [5.74, 6) is 0.197. The van der Waals surface area contributed by atoms with E-state index in [2.05, 4.69) is 4.98 Å². The minimum Gasteiger partial charge on any atom is -0.338 e. The van der Waals surface area contributed by atoms with Gasteiger partial charge in [-0.25, -0.2) is 18.5 Å². The van der Waals surface area contributed by atoms with Crippen molar-refractivity contribution in [3.63, 3.8) is 0 Å². The van der Waals surface area contributed by atoms with Crippen LogP contribution in [-0.2, 0) is 14.8 Å². The number of para-hydroxylation sites is 1. The largest absolute Gasteiger partial charge is 0.338 e. The van der Waals surface area contributed by atoms with E-state index in [1.807, 2.05) is 31.2 Å². The molecule has 0 saturated heterocycles. The first kappa shape index (κ1) is 19.8. The molecule has 3 rings (SSSR count). The summed E-state index contributed by atoms with van der Waals surface area (Å²) in [7, 11) is -2.07. The van der Waals surface area contributed by atoms with Crippen LogP contribution in [0.15, 0.2) is 57.8 Å². The highest BCUT2D eigenvalue weighted by molar-refractivity contribution is 8.01. The van der Waals surface area contributed by atoms with Crippen molar-refractivity contribution in [1.82, 2.24) is 9.88 Å². The quantitative estimate of drug-likeness (QED) is 0.617. The Bertz CT molecular complexity index is 1050. The van der Waals surface area contributed by atoms with E-state index in [0.717, 1.165) is 14.6 Å². The second-order valence-electron chi connectivity index (χ2n) is 6.03. The first-order valence-electron chi connectivity index (χ1n) is 8.12. The standard InChI is InChI=1S/C18H19N3O3S3/c1-12(13-6-5-7-14(10-13)27(19,23)24)21(2)17(22)11-25-18-20-15-8-3-4-9-16(15)26-18/h3-10,12H,11H2,1-2H3,(H2,19,23,24). The molecule has 0 spiro atoms. The van der Waals surface area contributed by atoms with Crippen molar-refractivity contribution in [3.8, 4) is 0 Å². The fraction of sp³-hybridized carbons (Fsp3) is 0.222. The molecule has 0 aliphatic heterocycles. The number of benzene rings is 2. The second kappa shape index (κ2) is 7.97. The summed E-state index contributed by atoms with van der Waals surface area (Å²) >= 11 is 2.96. The zero-order valence-corrected chi connectivity index (χ0v) is 17.3. The van der Waals surface area contributed by atoms with E-state index < -0.39 is 10.0 Å². The molecule has 142 valence electrons. The van der Waals surface area contributed by atoms with E-state index in [1.54, 1.807) is 35.4 Å². The Morgan fingerprint density at radius 2 is 2.00 bits per heavy atom. The molecule has 0 bridgehead atoms. The van der Waals surface area contributed by atoms with Crippen LogP contribution in [0.5, 0.6) is 0 Å². The van der Waals surface area contributed by atoms with Crippen LogP contribution in [-0.4, -0.2) is 37.0 Å². The number of rotatable bonds is 6. The van der Waals surface area contributed by atoms with Crippen LogP contribution in [0.25, 0.3) is 10.2 Å². The van der Waals surface area contributed by atoms with Gasteiger partial charge in [-0.3, -0.25) is 4.79 Å². The summed E-state index contributed by atoms with van der Waals surface area (Å²) in [5.41, 5.74) is 1.64. The number of carbonyl (C=O) groups is 1. The van der Waals surface area contributed by atoms with Crippen LogP contribution in [0, 0.1) is 0 Å². The van der Waals surface area contributed by atoms with Gasteiger partial charge in [0.15, 0.2) is 4.34 Å². The van der Waals surface area contributed by atoms with E-state index in [9.17, 15) is 13.2 Å². The molecule has 9 heteroatoms. The number of thioether (sulfide) groups is 1. The van der Waals surface area contributed by atoms with Crippen molar-refractivity contribution in [1.29, 1.82) is 0 Å². The molecule has 1 atom stereocenters. The number of hydrogen-bond donors (Lipinski definition) is 1. The zero-order valence-electron chi connectivity index (χ0n) is 14.8. The van der Waals surface area contributed by atoms with E-state index in [4.69, 9.17) is 5.14 Å². The Kier molecular flexibility index (Phi) is 5.85. The summed E-state index contributed by atoms with van der Waals surface area (Å²) in [5, 5.41) is 5.19. The van der Waals surface area contributed by atoms with Crippen molar-refractivity contribution in [3.05, 3.63) is 54.1 Å². The Morgan fingerprint density at radius 3 is 2.70 bits per heavy atom. The number of amides is 1. The van der Waals surface area contributed by atoms with Crippen LogP contribution >= 0.6 is 23.1 Å². The highest BCUT2D eigenvalue weighted by atomic mass is 32.2. The summed E-state index contributed by atoms with van der Waals surface area (Å²) in [6.45, 7) is 1.85. The van der Waals surface area contributed by atoms with Crippen molar-refractivity contribution < 1.29 is 13.2 Å². The minimum atomic E-state index is -3.78. The average Bonchev–Trinajstić information content (AvgIpc) is 3.07. The molecule has 27 heavy (non-hydrogen) atoms. The number of thiazole rings is 1. The molecular formula is C18H19N3O3S3. The number of hydrogen-bond acceptors (Lipinski definition) is 6. The summed E-state index contributed by atoms with van der Waals surface area (Å²) in [6, 6.07) is 13.9. The SMILES string of the molecule is CC(c1cccc(S(N)(=O)=O)c1)N(C)C(=O)CSc1nc2ccccc2s1. The van der Waals surface area contributed by atoms with Crippen molar-refractivity contribution in [2.75, 3.05) is 12.8 Å². The van der Waals surface area contributed by atoms with Crippen LogP contribution in [0.2, 0.25) is 0 Å². The Labute approximate surface area is 166 Å². The van der Waals surface area contributed by atoms with E-state index in [-0.39, 0.29) is 22.6 Å². The highest BCUT2D eigenvalue weighted by Gasteiger charge is 2.19. The van der Waals surface area contributed by atoms with Gasteiger partial charge in [0.25, 0.3) is 0 Å². The molecular weight excluding hydrogens is 402 g/mol. The minimum absolute atomic E-state index is 0.0385. The molecule has 0 aliphatic rings. The van der Waals surface area contributed by atoms with E-state index in [0.29, 0.717) is 5.56 Å². The third-order valence-electron chi connectivity index (χ3n) is 4.24. The smallest absolute Gasteiger partial charge is 0.238 e. The number of sulfonamides is 1. The molecule has 0 aliphatic carbocycles. The maximum atomic E-state index is 12.6. The molecule has 1 amide bonds. The Morgan fingerprint density at radius 1 is 1.26 bits per heavy atom. The molecule has 1 aromatic heterocycles. The van der Waals surface area contributed by atoms with Gasteiger partial charge in [0.2, 0.25) is 15.9 Å². The van der Waals surface area contributed by atoms with E-state index >= 15 is 0 Å². The lowest BCUT2D eigenvalue weighted by molar-refractivity contribution is -0.128. The molecule has 2 N–H and O–H groups in total. The monoisotopic (exact) mass is 421 g/mol. The molecule has 2 aromatic carbocycles.